The van der Waals surface area contributed by atoms with E-state index in [4.69, 9.17) is 5.11 Å². The van der Waals surface area contributed by atoms with Crippen LogP contribution in [0.3, 0.4) is 0 Å². The smallest absolute Gasteiger partial charge is 0.376 e. The number of hydrogen-bond donors (Lipinski definition) is 2. The molecule has 0 amide bonds. The quantitative estimate of drug-likeness (QED) is 0.596. The number of nitrogens with one attached hydrogen (secondary N) is 1. The van der Waals surface area contributed by atoms with E-state index < -0.39 is 39.8 Å². The van der Waals surface area contributed by atoms with Crippen LogP contribution in [0.1, 0.15) is 22.5 Å². The van der Waals surface area contributed by atoms with Gasteiger partial charge in [0.15, 0.2) is 5.43 Å². The Labute approximate surface area is 85.5 Å². The standard InChI is InChI=1S/C7H4F2N2O5/c8-6(9)4-2(12)1-3(11(15)16)10-5(4)7(13)14/h1,6H,(H,10,12)(H,13,14). The van der Waals surface area contributed by atoms with Crippen molar-refractivity contribution >= 4 is 11.8 Å². The van der Waals surface area contributed by atoms with Crippen LogP contribution in [0.15, 0.2) is 10.9 Å². The number of hydrogen-bond acceptors (Lipinski definition) is 4. The van der Waals surface area contributed by atoms with Crippen LogP contribution in [0.25, 0.3) is 0 Å². The van der Waals surface area contributed by atoms with Crippen LogP contribution >= 0.6 is 0 Å². The molecule has 0 radical (unpaired) electrons. The molecular formula is C7H4F2N2O5. The number of pyridine rings is 1. The summed E-state index contributed by atoms with van der Waals surface area (Å²) in [5, 5.41) is 18.8. The second-order valence-electron chi connectivity index (χ2n) is 2.67. The largest absolute Gasteiger partial charge is 0.475 e. The van der Waals surface area contributed by atoms with Crippen LogP contribution in [0, 0.1) is 10.1 Å². The fraction of sp³-hybridized carbons (Fsp3) is 0.143. The van der Waals surface area contributed by atoms with Crippen molar-refractivity contribution in [3.8, 4) is 0 Å². The molecule has 0 bridgehead atoms. The first-order valence-electron chi connectivity index (χ1n) is 3.77. The van der Waals surface area contributed by atoms with Crippen LogP contribution in [0.4, 0.5) is 14.6 Å². The number of aromatic amines is 1. The summed E-state index contributed by atoms with van der Waals surface area (Å²) in [6, 6.07) is 0.313. The monoisotopic (exact) mass is 234 g/mol. The third-order valence-corrected chi connectivity index (χ3v) is 1.68. The number of nitro groups is 1. The molecule has 0 spiro atoms. The molecule has 0 aliphatic rings. The Morgan fingerprint density at radius 3 is 2.50 bits per heavy atom. The van der Waals surface area contributed by atoms with Crippen molar-refractivity contribution < 1.29 is 23.6 Å². The molecule has 7 nitrogen and oxygen atoms in total. The zero-order valence-corrected chi connectivity index (χ0v) is 7.44. The molecule has 86 valence electrons. The normalized spacial score (nSPS) is 10.4. The van der Waals surface area contributed by atoms with E-state index in [0.717, 1.165) is 0 Å². The van der Waals surface area contributed by atoms with Gasteiger partial charge >= 0.3 is 11.8 Å². The van der Waals surface area contributed by atoms with Crippen LogP contribution in [-0.4, -0.2) is 21.0 Å². The molecule has 2 N–H and O–H groups in total. The van der Waals surface area contributed by atoms with Crippen molar-refractivity contribution in [3.05, 3.63) is 37.7 Å². The molecule has 1 aromatic rings. The molecule has 1 heterocycles. The lowest BCUT2D eigenvalue weighted by atomic mass is 10.2. The van der Waals surface area contributed by atoms with Gasteiger partial charge in [0.1, 0.15) is 5.56 Å². The average Bonchev–Trinajstić information content (AvgIpc) is 2.15. The Morgan fingerprint density at radius 2 is 2.12 bits per heavy atom. The molecule has 0 aliphatic heterocycles. The summed E-state index contributed by atoms with van der Waals surface area (Å²) in [5.41, 5.74) is -3.86. The van der Waals surface area contributed by atoms with Gasteiger partial charge < -0.3 is 15.2 Å². The van der Waals surface area contributed by atoms with E-state index in [-0.39, 0.29) is 0 Å². The maximum absolute atomic E-state index is 12.3. The fourth-order valence-electron chi connectivity index (χ4n) is 1.04. The van der Waals surface area contributed by atoms with Gasteiger partial charge in [-0.05, 0) is 4.92 Å². The van der Waals surface area contributed by atoms with Gasteiger partial charge in [0.25, 0.3) is 6.43 Å². The van der Waals surface area contributed by atoms with E-state index >= 15 is 0 Å². The minimum atomic E-state index is -3.32. The van der Waals surface area contributed by atoms with Gasteiger partial charge in [-0.3, -0.25) is 4.79 Å². The first-order chi connectivity index (χ1) is 7.34. The Balaban J connectivity index is 3.59. The molecular weight excluding hydrogens is 230 g/mol. The van der Waals surface area contributed by atoms with Gasteiger partial charge in [0.05, 0.1) is 6.07 Å². The molecule has 0 saturated heterocycles. The third kappa shape index (κ3) is 2.02. The molecule has 1 rings (SSSR count). The van der Waals surface area contributed by atoms with Crippen molar-refractivity contribution in [2.24, 2.45) is 0 Å². The predicted molar refractivity (Wildman–Crippen MR) is 45.6 cm³/mol. The topological polar surface area (TPSA) is 113 Å². The van der Waals surface area contributed by atoms with Crippen LogP contribution in [0.2, 0.25) is 0 Å². The highest BCUT2D eigenvalue weighted by molar-refractivity contribution is 5.87. The zero-order chi connectivity index (χ0) is 12.5. The summed E-state index contributed by atoms with van der Waals surface area (Å²) in [6.07, 6.45) is -3.32. The van der Waals surface area contributed by atoms with Crippen LogP contribution in [0.5, 0.6) is 0 Å². The number of carboxylic acids is 1. The lowest BCUT2D eigenvalue weighted by Crippen LogP contribution is -2.18. The maximum Gasteiger partial charge on any atom is 0.376 e. The maximum atomic E-state index is 12.3. The SMILES string of the molecule is O=C(O)c1[nH]c([N+](=O)[O-])cc(=O)c1C(F)F. The summed E-state index contributed by atoms with van der Waals surface area (Å²) in [6.45, 7) is 0. The number of nitrogens with zero attached hydrogens (tertiary/aromatic N) is 1. The van der Waals surface area contributed by atoms with Gasteiger partial charge in [-0.25, -0.2) is 18.6 Å². The second-order valence-corrected chi connectivity index (χ2v) is 2.67. The number of alkyl halides is 2. The Bertz CT molecular complexity index is 510. The van der Waals surface area contributed by atoms with Crippen molar-refractivity contribution in [2.75, 3.05) is 0 Å². The van der Waals surface area contributed by atoms with Gasteiger partial charge in [-0.2, -0.15) is 0 Å². The Kier molecular flexibility index (Phi) is 2.97. The minimum Gasteiger partial charge on any atom is -0.475 e. The van der Waals surface area contributed by atoms with E-state index in [9.17, 15) is 28.5 Å². The predicted octanol–water partition coefficient (Wildman–Crippen LogP) is 0.919. The highest BCUT2D eigenvalue weighted by Crippen LogP contribution is 2.20. The van der Waals surface area contributed by atoms with Gasteiger partial charge in [-0.1, -0.05) is 0 Å². The van der Waals surface area contributed by atoms with Crippen LogP contribution < -0.4 is 5.43 Å². The Morgan fingerprint density at radius 1 is 1.56 bits per heavy atom. The fourth-order valence-corrected chi connectivity index (χ4v) is 1.04. The van der Waals surface area contributed by atoms with Gasteiger partial charge in [0, 0.05) is 0 Å². The van der Waals surface area contributed by atoms with E-state index in [1.54, 1.807) is 4.98 Å². The highest BCUT2D eigenvalue weighted by atomic mass is 19.3. The molecule has 0 atom stereocenters. The van der Waals surface area contributed by atoms with E-state index in [0.29, 0.717) is 6.07 Å². The number of halogens is 2. The number of carbonyl (C=O) groups is 1. The number of aromatic carboxylic acids is 1. The van der Waals surface area contributed by atoms with Crippen molar-refractivity contribution in [3.63, 3.8) is 0 Å². The van der Waals surface area contributed by atoms with E-state index in [1.165, 1.54) is 0 Å². The number of rotatable bonds is 3. The first kappa shape index (κ1) is 11.8. The Hall–Kier alpha value is -2.32. The number of aromatic nitrogens is 1. The zero-order valence-electron chi connectivity index (χ0n) is 7.44. The third-order valence-electron chi connectivity index (χ3n) is 1.68. The van der Waals surface area contributed by atoms with Crippen molar-refractivity contribution in [1.29, 1.82) is 0 Å². The molecule has 0 fully saturated rings. The number of carboxylic acid groups (broad SMARTS) is 1. The first-order valence-corrected chi connectivity index (χ1v) is 3.77. The van der Waals surface area contributed by atoms with E-state index in [1.807, 2.05) is 0 Å². The molecule has 0 aliphatic carbocycles. The van der Waals surface area contributed by atoms with Crippen LogP contribution in [-0.2, 0) is 0 Å². The molecule has 16 heavy (non-hydrogen) atoms. The minimum absolute atomic E-state index is 0.313. The lowest BCUT2D eigenvalue weighted by molar-refractivity contribution is -0.389. The summed E-state index contributed by atoms with van der Waals surface area (Å²) >= 11 is 0. The average molecular weight is 234 g/mol. The van der Waals surface area contributed by atoms with Gasteiger partial charge in [-0.15, -0.1) is 0 Å². The number of H-pyrrole nitrogens is 1. The lowest BCUT2D eigenvalue weighted by Gasteiger charge is -2.02. The second kappa shape index (κ2) is 4.04. The van der Waals surface area contributed by atoms with Gasteiger partial charge in [0.2, 0.25) is 5.69 Å². The molecule has 1 aromatic heterocycles. The summed E-state index contributed by atoms with van der Waals surface area (Å²) in [5.74, 6) is -2.82. The molecule has 0 unspecified atom stereocenters. The van der Waals surface area contributed by atoms with Crippen molar-refractivity contribution in [2.45, 2.75) is 6.43 Å². The summed E-state index contributed by atoms with van der Waals surface area (Å²) in [4.78, 5) is 32.4. The van der Waals surface area contributed by atoms with Crippen molar-refractivity contribution in [1.82, 2.24) is 4.98 Å². The summed E-state index contributed by atoms with van der Waals surface area (Å²) < 4.78 is 24.7. The summed E-state index contributed by atoms with van der Waals surface area (Å²) in [7, 11) is 0. The molecule has 9 heteroatoms. The molecule has 0 aromatic carbocycles. The molecule has 0 saturated carbocycles. The highest BCUT2D eigenvalue weighted by Gasteiger charge is 2.27. The van der Waals surface area contributed by atoms with E-state index in [2.05, 4.69) is 0 Å².